The molecule has 1 aliphatic carbocycles. The molecule has 1 aromatic carbocycles. The summed E-state index contributed by atoms with van der Waals surface area (Å²) in [6.45, 7) is -2.80. The van der Waals surface area contributed by atoms with Crippen LogP contribution in [0.1, 0.15) is 37.4 Å². The topological polar surface area (TPSA) is 29.5 Å². The number of rotatable bonds is 4. The molecule has 0 heterocycles. The van der Waals surface area contributed by atoms with Crippen LogP contribution in [0.4, 0.5) is 8.78 Å². The van der Waals surface area contributed by atoms with Crippen LogP contribution in [-0.2, 0) is 0 Å². The predicted molar refractivity (Wildman–Crippen MR) is 60.0 cm³/mol. The number of halogens is 2. The number of hydrogen-bond donors (Lipinski definition) is 1. The molecule has 94 valence electrons. The average Bonchev–Trinajstić information content (AvgIpc) is 2.82. The zero-order chi connectivity index (χ0) is 12.3. The van der Waals surface area contributed by atoms with E-state index in [1.54, 1.807) is 12.1 Å². The van der Waals surface area contributed by atoms with Gasteiger partial charge in [0.1, 0.15) is 5.75 Å². The SMILES string of the molecule is OC(c1ccc(OC(F)F)cc1)C1CCCC1. The lowest BCUT2D eigenvalue weighted by molar-refractivity contribution is -0.0498. The van der Waals surface area contributed by atoms with Gasteiger partial charge in [0.15, 0.2) is 0 Å². The van der Waals surface area contributed by atoms with Gasteiger partial charge in [-0.2, -0.15) is 8.78 Å². The van der Waals surface area contributed by atoms with E-state index in [0.717, 1.165) is 31.2 Å². The van der Waals surface area contributed by atoms with Crippen molar-refractivity contribution < 1.29 is 18.6 Å². The van der Waals surface area contributed by atoms with Crippen molar-refractivity contribution in [1.29, 1.82) is 0 Å². The zero-order valence-corrected chi connectivity index (χ0v) is 9.48. The van der Waals surface area contributed by atoms with Crippen molar-refractivity contribution in [2.45, 2.75) is 38.4 Å². The third-order valence-electron chi connectivity index (χ3n) is 3.29. The van der Waals surface area contributed by atoms with E-state index in [2.05, 4.69) is 4.74 Å². The Kier molecular flexibility index (Phi) is 3.94. The Morgan fingerprint density at radius 3 is 2.24 bits per heavy atom. The molecule has 0 aromatic heterocycles. The maximum atomic E-state index is 12.0. The Hall–Kier alpha value is -1.16. The van der Waals surface area contributed by atoms with E-state index < -0.39 is 12.7 Å². The Morgan fingerprint density at radius 2 is 1.71 bits per heavy atom. The second kappa shape index (κ2) is 5.45. The van der Waals surface area contributed by atoms with Gasteiger partial charge < -0.3 is 9.84 Å². The molecule has 4 heteroatoms. The van der Waals surface area contributed by atoms with Gasteiger partial charge in [-0.1, -0.05) is 25.0 Å². The van der Waals surface area contributed by atoms with Crippen molar-refractivity contribution in [3.05, 3.63) is 29.8 Å². The van der Waals surface area contributed by atoms with E-state index in [9.17, 15) is 13.9 Å². The minimum Gasteiger partial charge on any atom is -0.435 e. The van der Waals surface area contributed by atoms with Gasteiger partial charge in [0, 0.05) is 0 Å². The molecule has 0 amide bonds. The van der Waals surface area contributed by atoms with Crippen LogP contribution in [0.5, 0.6) is 5.75 Å². The molecule has 1 unspecified atom stereocenters. The summed E-state index contributed by atoms with van der Waals surface area (Å²) in [6, 6.07) is 6.25. The lowest BCUT2D eigenvalue weighted by Crippen LogP contribution is -2.09. The first-order valence-electron chi connectivity index (χ1n) is 5.89. The van der Waals surface area contributed by atoms with Gasteiger partial charge >= 0.3 is 6.61 Å². The lowest BCUT2D eigenvalue weighted by atomic mass is 9.94. The summed E-state index contributed by atoms with van der Waals surface area (Å²) < 4.78 is 28.2. The molecule has 17 heavy (non-hydrogen) atoms. The summed E-state index contributed by atoms with van der Waals surface area (Å²) in [5, 5.41) is 10.1. The summed E-state index contributed by atoms with van der Waals surface area (Å²) in [6.07, 6.45) is 3.91. The highest BCUT2D eigenvalue weighted by molar-refractivity contribution is 5.28. The van der Waals surface area contributed by atoms with Crippen LogP contribution in [0.15, 0.2) is 24.3 Å². The largest absolute Gasteiger partial charge is 0.435 e. The number of hydrogen-bond acceptors (Lipinski definition) is 2. The second-order valence-corrected chi connectivity index (χ2v) is 4.44. The molecule has 1 aliphatic rings. The minimum absolute atomic E-state index is 0.127. The van der Waals surface area contributed by atoms with Crippen molar-refractivity contribution in [3.8, 4) is 5.75 Å². The molecule has 1 fully saturated rings. The third-order valence-corrected chi connectivity index (χ3v) is 3.29. The van der Waals surface area contributed by atoms with Crippen LogP contribution in [0, 0.1) is 5.92 Å². The number of alkyl halides is 2. The molecular weight excluding hydrogens is 226 g/mol. The van der Waals surface area contributed by atoms with Crippen LogP contribution < -0.4 is 4.74 Å². The Morgan fingerprint density at radius 1 is 1.12 bits per heavy atom. The molecule has 1 atom stereocenters. The lowest BCUT2D eigenvalue weighted by Gasteiger charge is -2.18. The quantitative estimate of drug-likeness (QED) is 0.875. The molecule has 1 aromatic rings. The van der Waals surface area contributed by atoms with E-state index in [1.807, 2.05) is 0 Å². The highest BCUT2D eigenvalue weighted by Crippen LogP contribution is 2.35. The van der Waals surface area contributed by atoms with Crippen LogP contribution >= 0.6 is 0 Å². The van der Waals surface area contributed by atoms with E-state index in [4.69, 9.17) is 0 Å². The summed E-state index contributed by atoms with van der Waals surface area (Å²) in [4.78, 5) is 0. The molecule has 1 saturated carbocycles. The molecular formula is C13H16F2O2. The van der Waals surface area contributed by atoms with E-state index in [-0.39, 0.29) is 5.75 Å². The van der Waals surface area contributed by atoms with Gasteiger partial charge in [-0.15, -0.1) is 0 Å². The van der Waals surface area contributed by atoms with Gasteiger partial charge in [-0.25, -0.2) is 0 Å². The van der Waals surface area contributed by atoms with Gasteiger partial charge in [0.25, 0.3) is 0 Å². The van der Waals surface area contributed by atoms with Crippen LogP contribution in [-0.4, -0.2) is 11.7 Å². The first-order chi connectivity index (χ1) is 8.16. The standard InChI is InChI=1S/C13H16F2O2/c14-13(15)17-11-7-5-10(6-8-11)12(16)9-3-1-2-4-9/h5-9,12-13,16H,1-4H2. The Labute approximate surface area is 99.2 Å². The first-order valence-corrected chi connectivity index (χ1v) is 5.89. The molecule has 2 nitrogen and oxygen atoms in total. The number of aliphatic hydroxyl groups excluding tert-OH is 1. The van der Waals surface area contributed by atoms with E-state index in [1.165, 1.54) is 12.1 Å². The smallest absolute Gasteiger partial charge is 0.387 e. The van der Waals surface area contributed by atoms with Crippen molar-refractivity contribution in [2.75, 3.05) is 0 Å². The highest BCUT2D eigenvalue weighted by Gasteiger charge is 2.24. The van der Waals surface area contributed by atoms with Crippen LogP contribution in [0.2, 0.25) is 0 Å². The van der Waals surface area contributed by atoms with Gasteiger partial charge in [-0.05, 0) is 36.5 Å². The van der Waals surface area contributed by atoms with Gasteiger partial charge in [0.05, 0.1) is 6.10 Å². The first kappa shape index (κ1) is 12.3. The fourth-order valence-corrected chi connectivity index (χ4v) is 2.39. The summed E-state index contributed by atoms with van der Waals surface area (Å²) in [5.41, 5.74) is 0.776. The predicted octanol–water partition coefficient (Wildman–Crippen LogP) is 3.51. The average molecular weight is 242 g/mol. The summed E-state index contributed by atoms with van der Waals surface area (Å²) in [5.74, 6) is 0.430. The van der Waals surface area contributed by atoms with Gasteiger partial charge in [0.2, 0.25) is 0 Å². The fourth-order valence-electron chi connectivity index (χ4n) is 2.39. The molecule has 0 aliphatic heterocycles. The maximum absolute atomic E-state index is 12.0. The summed E-state index contributed by atoms with van der Waals surface area (Å²) >= 11 is 0. The Bertz CT molecular complexity index is 345. The zero-order valence-electron chi connectivity index (χ0n) is 9.48. The van der Waals surface area contributed by atoms with Crippen molar-refractivity contribution >= 4 is 0 Å². The van der Waals surface area contributed by atoms with Crippen LogP contribution in [0.3, 0.4) is 0 Å². The second-order valence-electron chi connectivity index (χ2n) is 4.44. The molecule has 0 saturated heterocycles. The monoisotopic (exact) mass is 242 g/mol. The normalized spacial score (nSPS) is 18.6. The highest BCUT2D eigenvalue weighted by atomic mass is 19.3. The number of aliphatic hydroxyl groups is 1. The van der Waals surface area contributed by atoms with E-state index in [0.29, 0.717) is 5.92 Å². The van der Waals surface area contributed by atoms with Crippen molar-refractivity contribution in [2.24, 2.45) is 5.92 Å². The van der Waals surface area contributed by atoms with Crippen molar-refractivity contribution in [3.63, 3.8) is 0 Å². The molecule has 0 radical (unpaired) electrons. The maximum Gasteiger partial charge on any atom is 0.387 e. The minimum atomic E-state index is -2.80. The number of benzene rings is 1. The summed E-state index contributed by atoms with van der Waals surface area (Å²) in [7, 11) is 0. The van der Waals surface area contributed by atoms with Crippen molar-refractivity contribution in [1.82, 2.24) is 0 Å². The molecule has 0 bridgehead atoms. The molecule has 2 rings (SSSR count). The fraction of sp³-hybridized carbons (Fsp3) is 0.538. The van der Waals surface area contributed by atoms with Crippen LogP contribution in [0.25, 0.3) is 0 Å². The molecule has 1 N–H and O–H groups in total. The van der Waals surface area contributed by atoms with Gasteiger partial charge in [-0.3, -0.25) is 0 Å². The van der Waals surface area contributed by atoms with E-state index >= 15 is 0 Å². The number of ether oxygens (including phenoxy) is 1. The molecule has 0 spiro atoms. The Balaban J connectivity index is 2.01. The third kappa shape index (κ3) is 3.16.